The van der Waals surface area contributed by atoms with E-state index in [0.717, 1.165) is 11.1 Å². The zero-order valence-corrected chi connectivity index (χ0v) is 18.3. The van der Waals surface area contributed by atoms with Gasteiger partial charge in [0.1, 0.15) is 22.4 Å². The van der Waals surface area contributed by atoms with Crippen LogP contribution in [0.2, 0.25) is 0 Å². The minimum Gasteiger partial charge on any atom is -0.467 e. The number of anilines is 1. The zero-order chi connectivity index (χ0) is 22.5. The molecule has 0 radical (unpaired) electrons. The number of hydrogen-bond donors (Lipinski definition) is 1. The minimum atomic E-state index is -0.545. The van der Waals surface area contributed by atoms with E-state index < -0.39 is 11.2 Å². The molecule has 0 bridgehead atoms. The van der Waals surface area contributed by atoms with Crippen molar-refractivity contribution in [1.82, 2.24) is 5.32 Å². The Labute approximate surface area is 190 Å². The average molecular weight is 444 g/mol. The summed E-state index contributed by atoms with van der Waals surface area (Å²) in [6.45, 7) is 2.17. The number of para-hydroxylation sites is 1. The van der Waals surface area contributed by atoms with Crippen LogP contribution in [-0.2, 0) is 22.6 Å². The van der Waals surface area contributed by atoms with Gasteiger partial charge in [-0.2, -0.15) is 5.26 Å². The first-order chi connectivity index (χ1) is 15.6. The maximum absolute atomic E-state index is 13.4. The smallest absolute Gasteiger partial charge is 0.265 e. The van der Waals surface area contributed by atoms with Gasteiger partial charge >= 0.3 is 0 Å². The van der Waals surface area contributed by atoms with Crippen molar-refractivity contribution in [3.8, 4) is 6.07 Å². The van der Waals surface area contributed by atoms with Crippen LogP contribution in [0.15, 0.2) is 88.0 Å². The lowest BCUT2D eigenvalue weighted by Crippen LogP contribution is -2.32. The molecule has 1 aromatic heterocycles. The Hall–Kier alpha value is -3.76. The molecule has 6 nitrogen and oxygen atoms in total. The molecule has 0 spiro atoms. The summed E-state index contributed by atoms with van der Waals surface area (Å²) in [5, 5.41) is 12.4. The number of carbonyl (C=O) groups is 2. The molecule has 1 aliphatic heterocycles. The lowest BCUT2D eigenvalue weighted by atomic mass is 10.1. The van der Waals surface area contributed by atoms with E-state index in [2.05, 4.69) is 5.32 Å². The highest BCUT2D eigenvalue weighted by Crippen LogP contribution is 2.41. The number of thioether (sulfide) groups is 1. The first-order valence-corrected chi connectivity index (χ1v) is 11.0. The van der Waals surface area contributed by atoms with Crippen molar-refractivity contribution in [3.05, 3.63) is 100 Å². The van der Waals surface area contributed by atoms with Gasteiger partial charge in [0.2, 0.25) is 5.91 Å². The SMILES string of the molecule is Cc1ccc(C[C@@H]2S/C(=C(/C#N)C(=O)NCc3ccco3)N(c3ccccc3)C2=O)cc1. The summed E-state index contributed by atoms with van der Waals surface area (Å²) < 4.78 is 5.24. The fourth-order valence-electron chi connectivity index (χ4n) is 3.41. The van der Waals surface area contributed by atoms with Gasteiger partial charge in [0, 0.05) is 5.69 Å². The van der Waals surface area contributed by atoms with Crippen LogP contribution < -0.4 is 10.2 Å². The minimum absolute atomic E-state index is 0.0924. The third kappa shape index (κ3) is 4.61. The van der Waals surface area contributed by atoms with Gasteiger partial charge in [0.15, 0.2) is 0 Å². The van der Waals surface area contributed by atoms with E-state index in [1.54, 1.807) is 24.3 Å². The van der Waals surface area contributed by atoms with Gasteiger partial charge in [-0.25, -0.2) is 0 Å². The van der Waals surface area contributed by atoms with E-state index in [-0.39, 0.29) is 18.0 Å². The molecule has 1 saturated heterocycles. The Morgan fingerprint density at radius 2 is 1.88 bits per heavy atom. The quantitative estimate of drug-likeness (QED) is 0.453. The molecular formula is C25H21N3O3S. The van der Waals surface area contributed by atoms with Crippen molar-refractivity contribution in [2.24, 2.45) is 0 Å². The van der Waals surface area contributed by atoms with Gasteiger partial charge in [-0.05, 0) is 43.2 Å². The van der Waals surface area contributed by atoms with Crippen LogP contribution in [0.4, 0.5) is 5.69 Å². The summed E-state index contributed by atoms with van der Waals surface area (Å²) in [5.41, 5.74) is 2.70. The fourth-order valence-corrected chi connectivity index (χ4v) is 4.71. The zero-order valence-electron chi connectivity index (χ0n) is 17.4. The predicted molar refractivity (Wildman–Crippen MR) is 123 cm³/mol. The summed E-state index contributed by atoms with van der Waals surface area (Å²) in [6.07, 6.45) is 2.02. The van der Waals surface area contributed by atoms with Gasteiger partial charge in [-0.3, -0.25) is 14.5 Å². The summed E-state index contributed by atoms with van der Waals surface area (Å²) in [4.78, 5) is 27.7. The van der Waals surface area contributed by atoms with Crippen LogP contribution in [-0.4, -0.2) is 17.1 Å². The molecule has 160 valence electrons. The van der Waals surface area contributed by atoms with Crippen molar-refractivity contribution in [2.75, 3.05) is 4.90 Å². The normalized spacial score (nSPS) is 17.2. The van der Waals surface area contributed by atoms with Crippen LogP contribution in [0.5, 0.6) is 0 Å². The molecule has 32 heavy (non-hydrogen) atoms. The second-order valence-electron chi connectivity index (χ2n) is 7.36. The van der Waals surface area contributed by atoms with Crippen LogP contribution >= 0.6 is 11.8 Å². The van der Waals surface area contributed by atoms with Crippen molar-refractivity contribution in [2.45, 2.75) is 25.1 Å². The van der Waals surface area contributed by atoms with Crippen LogP contribution in [0.3, 0.4) is 0 Å². The highest BCUT2D eigenvalue weighted by Gasteiger charge is 2.40. The van der Waals surface area contributed by atoms with Crippen molar-refractivity contribution in [1.29, 1.82) is 5.26 Å². The Morgan fingerprint density at radius 3 is 2.53 bits per heavy atom. The Balaban J connectivity index is 1.66. The molecule has 0 saturated carbocycles. The van der Waals surface area contributed by atoms with Crippen LogP contribution in [0, 0.1) is 18.3 Å². The van der Waals surface area contributed by atoms with Crippen LogP contribution in [0.25, 0.3) is 0 Å². The number of rotatable bonds is 6. The Morgan fingerprint density at radius 1 is 1.12 bits per heavy atom. The summed E-state index contributed by atoms with van der Waals surface area (Å²) in [7, 11) is 0. The number of benzene rings is 2. The maximum Gasteiger partial charge on any atom is 0.265 e. The van der Waals surface area contributed by atoms with Gasteiger partial charge < -0.3 is 9.73 Å². The number of nitrogens with zero attached hydrogens (tertiary/aromatic N) is 2. The van der Waals surface area contributed by atoms with Crippen molar-refractivity contribution in [3.63, 3.8) is 0 Å². The Kier molecular flexibility index (Phi) is 6.43. The molecule has 4 rings (SSSR count). The summed E-state index contributed by atoms with van der Waals surface area (Å²) in [6, 6.07) is 22.6. The topological polar surface area (TPSA) is 86.3 Å². The second-order valence-corrected chi connectivity index (χ2v) is 8.55. The fraction of sp³-hybridized carbons (Fsp3) is 0.160. The van der Waals surface area contributed by atoms with E-state index >= 15 is 0 Å². The van der Waals surface area contributed by atoms with E-state index in [9.17, 15) is 14.9 Å². The molecule has 2 aromatic carbocycles. The molecule has 1 aliphatic rings. The van der Waals surface area contributed by atoms with Crippen molar-refractivity contribution >= 4 is 29.3 Å². The number of carbonyl (C=O) groups excluding carboxylic acids is 2. The highest BCUT2D eigenvalue weighted by molar-refractivity contribution is 8.05. The number of hydrogen-bond acceptors (Lipinski definition) is 5. The standard InChI is InChI=1S/C25H21N3O3S/c1-17-9-11-18(12-10-17)14-22-24(30)28(19-6-3-2-4-7-19)25(32-22)21(15-26)23(29)27-16-20-8-5-13-31-20/h2-13,22H,14,16H2,1H3,(H,27,29)/b25-21-/t22-/m0/s1. The predicted octanol–water partition coefficient (Wildman–Crippen LogP) is 4.33. The monoisotopic (exact) mass is 443 g/mol. The third-order valence-electron chi connectivity index (χ3n) is 5.06. The van der Waals surface area contributed by atoms with E-state index in [0.29, 0.717) is 22.9 Å². The second kappa shape index (κ2) is 9.58. The van der Waals surface area contributed by atoms with E-state index in [4.69, 9.17) is 4.42 Å². The highest BCUT2D eigenvalue weighted by atomic mass is 32.2. The molecule has 1 N–H and O–H groups in total. The first-order valence-electron chi connectivity index (χ1n) is 10.1. The van der Waals surface area contributed by atoms with E-state index in [1.807, 2.05) is 55.5 Å². The van der Waals surface area contributed by atoms with Gasteiger partial charge in [0.25, 0.3) is 5.91 Å². The average Bonchev–Trinajstić information content (AvgIpc) is 3.43. The summed E-state index contributed by atoms with van der Waals surface area (Å²) in [5.74, 6) is -0.118. The molecule has 0 aliphatic carbocycles. The van der Waals surface area contributed by atoms with Gasteiger partial charge in [-0.15, -0.1) is 0 Å². The molecule has 1 atom stereocenters. The number of amides is 2. The first kappa shape index (κ1) is 21.5. The number of furan rings is 1. The number of nitrogens with one attached hydrogen (secondary N) is 1. The molecule has 7 heteroatoms. The number of nitriles is 1. The molecule has 1 fully saturated rings. The molecule has 3 aromatic rings. The molecule has 2 amide bonds. The summed E-state index contributed by atoms with van der Waals surface area (Å²) >= 11 is 1.25. The van der Waals surface area contributed by atoms with Gasteiger partial charge in [-0.1, -0.05) is 59.8 Å². The van der Waals surface area contributed by atoms with E-state index in [1.165, 1.54) is 22.9 Å². The molecule has 2 heterocycles. The molecular weight excluding hydrogens is 422 g/mol. The maximum atomic E-state index is 13.4. The Bertz CT molecular complexity index is 1180. The van der Waals surface area contributed by atoms with Crippen LogP contribution in [0.1, 0.15) is 16.9 Å². The van der Waals surface area contributed by atoms with Gasteiger partial charge in [0.05, 0.1) is 18.1 Å². The lowest BCUT2D eigenvalue weighted by molar-refractivity contribution is -0.117. The lowest BCUT2D eigenvalue weighted by Gasteiger charge is -2.18. The largest absolute Gasteiger partial charge is 0.467 e. The molecule has 0 unspecified atom stereocenters. The third-order valence-corrected chi connectivity index (χ3v) is 6.33. The number of aryl methyl sites for hydroxylation is 1. The van der Waals surface area contributed by atoms with Crippen molar-refractivity contribution < 1.29 is 14.0 Å².